The van der Waals surface area contributed by atoms with Crippen molar-refractivity contribution in [2.24, 2.45) is 0 Å². The van der Waals surface area contributed by atoms with Gasteiger partial charge < -0.3 is 10.1 Å². The number of anilines is 1. The third-order valence-corrected chi connectivity index (χ3v) is 8.02. The van der Waals surface area contributed by atoms with Crippen molar-refractivity contribution >= 4 is 34.5 Å². The van der Waals surface area contributed by atoms with Crippen molar-refractivity contribution in [3.05, 3.63) is 75.7 Å². The number of unbranched alkanes of at least 4 members (excludes halogenated alkanes) is 13. The topological polar surface area (TPSA) is 42.2 Å². The van der Waals surface area contributed by atoms with E-state index in [1.165, 1.54) is 83.5 Å². The monoisotopic (exact) mass is 569 g/mol. The molecule has 4 nitrogen and oxygen atoms in total. The fourth-order valence-corrected chi connectivity index (χ4v) is 5.53. The van der Waals surface area contributed by atoms with E-state index >= 15 is 0 Å². The fourth-order valence-electron chi connectivity index (χ4n) is 4.70. The van der Waals surface area contributed by atoms with E-state index in [-0.39, 0.29) is 5.91 Å². The summed E-state index contributed by atoms with van der Waals surface area (Å²) >= 11 is 8.10. The van der Waals surface area contributed by atoms with Crippen LogP contribution in [0.3, 0.4) is 0 Å². The smallest absolute Gasteiger partial charge is 0.255 e. The molecule has 1 heterocycles. The molecule has 39 heavy (non-hydrogen) atoms. The Morgan fingerprint density at radius 1 is 0.846 bits per heavy atom. The minimum absolute atomic E-state index is 0.156. The highest BCUT2D eigenvalue weighted by Crippen LogP contribution is 2.28. The predicted molar refractivity (Wildman–Crippen MR) is 165 cm³/mol. The zero-order valence-electron chi connectivity index (χ0n) is 23.6. The first-order chi connectivity index (χ1) is 19.2. The van der Waals surface area contributed by atoms with Gasteiger partial charge in [-0.15, -0.1) is 0 Å². The Morgan fingerprint density at radius 2 is 1.46 bits per heavy atom. The maximum Gasteiger partial charge on any atom is 0.255 e. The number of nitrogens with zero attached hydrogens (tertiary/aromatic N) is 1. The second-order valence-electron chi connectivity index (χ2n) is 10.4. The Morgan fingerprint density at radius 3 is 2.03 bits per heavy atom. The van der Waals surface area contributed by atoms with Crippen molar-refractivity contribution in [1.82, 2.24) is 0 Å². The van der Waals surface area contributed by atoms with Gasteiger partial charge in [0, 0.05) is 16.8 Å². The third kappa shape index (κ3) is 12.6. The molecular weight excluding hydrogens is 524 g/mol. The van der Waals surface area contributed by atoms with Crippen LogP contribution in [0.5, 0.6) is 5.75 Å². The van der Waals surface area contributed by atoms with Gasteiger partial charge in [-0.25, -0.2) is 0 Å². The van der Waals surface area contributed by atoms with Gasteiger partial charge in [-0.05, 0) is 36.8 Å². The Bertz CT molecular complexity index is 1070. The van der Waals surface area contributed by atoms with Crippen molar-refractivity contribution in [1.29, 1.82) is 0 Å². The molecule has 0 aliphatic heterocycles. The highest BCUT2D eigenvalue weighted by atomic mass is 35.5. The number of hydrogen-bond acceptors (Lipinski definition) is 3. The second-order valence-corrected chi connectivity index (χ2v) is 11.6. The van der Waals surface area contributed by atoms with Crippen molar-refractivity contribution in [2.45, 2.75) is 103 Å². The van der Waals surface area contributed by atoms with Crippen LogP contribution in [0.25, 0.3) is 0 Å². The molecule has 0 fully saturated rings. The van der Waals surface area contributed by atoms with E-state index in [1.54, 1.807) is 17.4 Å². The molecular formula is C33H46ClN2O2S+. The van der Waals surface area contributed by atoms with Gasteiger partial charge in [0.2, 0.25) is 5.51 Å². The molecule has 1 N–H and O–H groups in total. The van der Waals surface area contributed by atoms with Gasteiger partial charge in [0.15, 0.2) is 12.7 Å². The van der Waals surface area contributed by atoms with Gasteiger partial charge in [-0.2, -0.15) is 4.57 Å². The average molecular weight is 570 g/mol. The molecule has 0 spiro atoms. The summed E-state index contributed by atoms with van der Waals surface area (Å²) in [6.45, 7) is 3.74. The van der Waals surface area contributed by atoms with Gasteiger partial charge in [-0.3, -0.25) is 4.79 Å². The lowest BCUT2D eigenvalue weighted by molar-refractivity contribution is -0.683. The first kappa shape index (κ1) is 31.2. The zero-order chi connectivity index (χ0) is 27.5. The van der Waals surface area contributed by atoms with E-state index in [9.17, 15) is 4.79 Å². The molecule has 0 unspecified atom stereocenters. The van der Waals surface area contributed by atoms with Crippen LogP contribution in [0.15, 0.2) is 59.6 Å². The summed E-state index contributed by atoms with van der Waals surface area (Å²) in [5.74, 6) is 0.511. The molecule has 6 heteroatoms. The zero-order valence-corrected chi connectivity index (χ0v) is 25.2. The molecule has 1 aromatic heterocycles. The molecule has 212 valence electrons. The summed E-state index contributed by atoms with van der Waals surface area (Å²) in [5.41, 5.74) is 4.49. The first-order valence-electron chi connectivity index (χ1n) is 14.9. The number of aromatic nitrogens is 1. The van der Waals surface area contributed by atoms with Crippen LogP contribution in [-0.4, -0.2) is 12.5 Å². The highest BCUT2D eigenvalue weighted by Gasteiger charge is 2.10. The maximum absolute atomic E-state index is 12.7. The molecule has 3 aromatic rings. The number of rotatable bonds is 20. The normalized spacial score (nSPS) is 11.0. The quantitative estimate of drug-likeness (QED) is 0.109. The van der Waals surface area contributed by atoms with Gasteiger partial charge in [-0.1, -0.05) is 125 Å². The van der Waals surface area contributed by atoms with Crippen molar-refractivity contribution in [3.63, 3.8) is 0 Å². The van der Waals surface area contributed by atoms with Gasteiger partial charge in [0.05, 0.1) is 17.0 Å². The number of halogens is 1. The van der Waals surface area contributed by atoms with Crippen LogP contribution in [0.2, 0.25) is 5.02 Å². The SMILES string of the molecule is CCCCCCCCCCCCCCCCOc1ccc(NC(=O)c2ccc(C[n+]3ccsc3)cc2)cc1Cl. The van der Waals surface area contributed by atoms with E-state index < -0.39 is 0 Å². The summed E-state index contributed by atoms with van der Waals surface area (Å²) in [5, 5.41) is 5.49. The van der Waals surface area contributed by atoms with Crippen LogP contribution in [0.4, 0.5) is 5.69 Å². The third-order valence-electron chi connectivity index (χ3n) is 7.05. The molecule has 1 amide bonds. The number of benzene rings is 2. The fraction of sp³-hybridized carbons (Fsp3) is 0.515. The molecule has 0 bridgehead atoms. The molecule has 0 atom stereocenters. The number of carbonyl (C=O) groups excluding carboxylic acids is 1. The van der Waals surface area contributed by atoms with Crippen LogP contribution in [0, 0.1) is 0 Å². The number of thiazole rings is 1. The lowest BCUT2D eigenvalue weighted by atomic mass is 10.0. The number of ether oxygens (including phenoxy) is 1. The first-order valence-corrected chi connectivity index (χ1v) is 16.2. The standard InChI is InChI=1S/C33H45ClN2O2S/c1-2-3-4-5-6-7-8-9-10-11-12-13-14-15-23-38-32-21-20-30(25-31(32)34)35-33(37)29-18-16-28(17-19-29)26-36-22-24-39-27-36/h16-22,24-25,27H,2-15,23,26H2,1H3/p+1. The Hall–Kier alpha value is -2.37. The van der Waals surface area contributed by atoms with Crippen molar-refractivity contribution in [2.75, 3.05) is 11.9 Å². The molecule has 3 rings (SSSR count). The van der Waals surface area contributed by atoms with Crippen LogP contribution >= 0.6 is 22.9 Å². The van der Waals surface area contributed by atoms with Crippen molar-refractivity contribution in [3.8, 4) is 5.75 Å². The number of amides is 1. The van der Waals surface area contributed by atoms with Gasteiger partial charge in [0.1, 0.15) is 5.75 Å². The van der Waals surface area contributed by atoms with E-state index in [1.807, 2.05) is 48.0 Å². The van der Waals surface area contributed by atoms with Crippen LogP contribution < -0.4 is 14.6 Å². The Labute approximate surface area is 244 Å². The van der Waals surface area contributed by atoms with Crippen molar-refractivity contribution < 1.29 is 14.1 Å². The highest BCUT2D eigenvalue weighted by molar-refractivity contribution is 7.07. The number of carbonyl (C=O) groups is 1. The molecule has 0 saturated carbocycles. The lowest BCUT2D eigenvalue weighted by Crippen LogP contribution is -2.30. The molecule has 0 saturated heterocycles. The summed E-state index contributed by atoms with van der Waals surface area (Å²) in [6, 6.07) is 13.1. The van der Waals surface area contributed by atoms with E-state index in [0.717, 1.165) is 18.5 Å². The largest absolute Gasteiger partial charge is 0.492 e. The second kappa shape index (κ2) is 18.8. The van der Waals surface area contributed by atoms with Gasteiger partial charge in [0.25, 0.3) is 5.91 Å². The summed E-state index contributed by atoms with van der Waals surface area (Å²) in [7, 11) is 0. The van der Waals surface area contributed by atoms with Gasteiger partial charge >= 0.3 is 0 Å². The average Bonchev–Trinajstić information content (AvgIpc) is 3.45. The molecule has 0 radical (unpaired) electrons. The molecule has 0 aliphatic rings. The molecule has 0 aliphatic carbocycles. The van der Waals surface area contributed by atoms with E-state index in [2.05, 4.69) is 22.3 Å². The summed E-state index contributed by atoms with van der Waals surface area (Å²) in [4.78, 5) is 12.7. The van der Waals surface area contributed by atoms with Crippen LogP contribution in [0.1, 0.15) is 113 Å². The van der Waals surface area contributed by atoms with E-state index in [0.29, 0.717) is 28.6 Å². The number of nitrogens with one attached hydrogen (secondary N) is 1. The number of hydrogen-bond donors (Lipinski definition) is 1. The Balaban J connectivity index is 1.24. The Kier molecular flexibility index (Phi) is 15.0. The van der Waals surface area contributed by atoms with E-state index in [4.69, 9.17) is 16.3 Å². The van der Waals surface area contributed by atoms with Crippen LogP contribution in [-0.2, 0) is 6.54 Å². The maximum atomic E-state index is 12.7. The summed E-state index contributed by atoms with van der Waals surface area (Å²) < 4.78 is 8.01. The summed E-state index contributed by atoms with van der Waals surface area (Å²) in [6.07, 6.45) is 20.8. The minimum atomic E-state index is -0.156. The minimum Gasteiger partial charge on any atom is -0.492 e. The predicted octanol–water partition coefficient (Wildman–Crippen LogP) is 9.85. The molecule has 2 aromatic carbocycles. The lowest BCUT2D eigenvalue weighted by Gasteiger charge is -2.11.